The SMILES string of the molecule is CC1C=CC(NC(=O)Nc2cc(-c3ccccc3C(=O)O)ccc2Oc2ccccc2C(C)(C)C)=CC1. The molecule has 4 rings (SSSR count). The number of allylic oxidation sites excluding steroid dienone is 3. The molecule has 3 aromatic rings. The van der Waals surface area contributed by atoms with Gasteiger partial charge in [-0.25, -0.2) is 9.59 Å². The van der Waals surface area contributed by atoms with Crippen molar-refractivity contribution in [3.8, 4) is 22.6 Å². The van der Waals surface area contributed by atoms with E-state index >= 15 is 0 Å². The molecule has 0 bridgehead atoms. The molecule has 37 heavy (non-hydrogen) atoms. The van der Waals surface area contributed by atoms with Gasteiger partial charge in [-0.05, 0) is 59.2 Å². The summed E-state index contributed by atoms with van der Waals surface area (Å²) in [6, 6.07) is 19.5. The van der Waals surface area contributed by atoms with Gasteiger partial charge in [0.1, 0.15) is 5.75 Å². The number of ether oxygens (including phenoxy) is 1. The topological polar surface area (TPSA) is 87.7 Å². The maximum Gasteiger partial charge on any atom is 0.336 e. The van der Waals surface area contributed by atoms with E-state index in [2.05, 4.69) is 44.4 Å². The molecule has 0 saturated carbocycles. The number of carbonyl (C=O) groups excluding carboxylic acids is 1. The molecule has 0 aliphatic heterocycles. The Hall–Kier alpha value is -4.32. The van der Waals surface area contributed by atoms with Crippen LogP contribution >= 0.6 is 0 Å². The number of para-hydroxylation sites is 1. The number of anilines is 1. The Morgan fingerprint density at radius 3 is 2.38 bits per heavy atom. The summed E-state index contributed by atoms with van der Waals surface area (Å²) in [6.07, 6.45) is 6.79. The fourth-order valence-electron chi connectivity index (χ4n) is 4.20. The number of urea groups is 1. The Kier molecular flexibility index (Phi) is 7.48. The summed E-state index contributed by atoms with van der Waals surface area (Å²) < 4.78 is 6.35. The third-order valence-corrected chi connectivity index (χ3v) is 6.18. The van der Waals surface area contributed by atoms with E-state index in [-0.39, 0.29) is 11.0 Å². The molecule has 1 atom stereocenters. The molecule has 0 heterocycles. The van der Waals surface area contributed by atoms with Crippen LogP contribution in [0.4, 0.5) is 10.5 Å². The monoisotopic (exact) mass is 496 g/mol. The fraction of sp³-hybridized carbons (Fsp3) is 0.226. The lowest BCUT2D eigenvalue weighted by molar-refractivity contribution is 0.0697. The average molecular weight is 497 g/mol. The lowest BCUT2D eigenvalue weighted by atomic mass is 9.86. The largest absolute Gasteiger partial charge is 0.478 e. The number of amides is 2. The number of rotatable bonds is 6. The first-order valence-electron chi connectivity index (χ1n) is 12.3. The predicted molar refractivity (Wildman–Crippen MR) is 147 cm³/mol. The number of aromatic carboxylic acids is 1. The third-order valence-electron chi connectivity index (χ3n) is 6.18. The van der Waals surface area contributed by atoms with Crippen molar-refractivity contribution in [2.24, 2.45) is 5.92 Å². The summed E-state index contributed by atoms with van der Waals surface area (Å²) in [5.74, 6) is 0.546. The molecule has 190 valence electrons. The lowest BCUT2D eigenvalue weighted by Crippen LogP contribution is -2.28. The Morgan fingerprint density at radius 1 is 0.946 bits per heavy atom. The van der Waals surface area contributed by atoms with E-state index in [0.717, 1.165) is 17.7 Å². The van der Waals surface area contributed by atoms with Crippen LogP contribution < -0.4 is 15.4 Å². The molecule has 0 spiro atoms. The highest BCUT2D eigenvalue weighted by atomic mass is 16.5. The second-order valence-electron chi connectivity index (χ2n) is 10.2. The van der Waals surface area contributed by atoms with Crippen molar-refractivity contribution < 1.29 is 19.4 Å². The van der Waals surface area contributed by atoms with Gasteiger partial charge in [-0.15, -0.1) is 0 Å². The predicted octanol–water partition coefficient (Wildman–Crippen LogP) is 7.74. The summed E-state index contributed by atoms with van der Waals surface area (Å²) >= 11 is 0. The highest BCUT2D eigenvalue weighted by Crippen LogP contribution is 2.39. The first-order valence-corrected chi connectivity index (χ1v) is 12.3. The second-order valence-corrected chi connectivity index (χ2v) is 10.2. The smallest absolute Gasteiger partial charge is 0.336 e. The van der Waals surface area contributed by atoms with Crippen LogP contribution in [0, 0.1) is 5.92 Å². The third kappa shape index (κ3) is 6.28. The van der Waals surface area contributed by atoms with E-state index in [1.54, 1.807) is 42.5 Å². The van der Waals surface area contributed by atoms with Gasteiger partial charge in [-0.1, -0.05) is 82.3 Å². The molecule has 6 nitrogen and oxygen atoms in total. The molecule has 1 aliphatic carbocycles. The summed E-state index contributed by atoms with van der Waals surface area (Å²) in [4.78, 5) is 24.8. The van der Waals surface area contributed by atoms with Crippen molar-refractivity contribution >= 4 is 17.7 Å². The van der Waals surface area contributed by atoms with Gasteiger partial charge in [-0.3, -0.25) is 0 Å². The zero-order valence-electron chi connectivity index (χ0n) is 21.5. The van der Waals surface area contributed by atoms with E-state index in [0.29, 0.717) is 34.2 Å². The highest BCUT2D eigenvalue weighted by Gasteiger charge is 2.21. The van der Waals surface area contributed by atoms with Gasteiger partial charge in [0, 0.05) is 11.3 Å². The van der Waals surface area contributed by atoms with Gasteiger partial charge in [-0.2, -0.15) is 0 Å². The van der Waals surface area contributed by atoms with E-state index in [1.807, 2.05) is 36.4 Å². The zero-order chi connectivity index (χ0) is 26.6. The van der Waals surface area contributed by atoms with Crippen LogP contribution in [0.5, 0.6) is 11.5 Å². The van der Waals surface area contributed by atoms with Crippen molar-refractivity contribution in [1.29, 1.82) is 0 Å². The molecule has 2 amide bonds. The number of carbonyl (C=O) groups is 2. The molecule has 0 aromatic heterocycles. The minimum Gasteiger partial charge on any atom is -0.478 e. The van der Waals surface area contributed by atoms with Crippen molar-refractivity contribution in [1.82, 2.24) is 5.32 Å². The minimum atomic E-state index is -1.02. The molecule has 6 heteroatoms. The van der Waals surface area contributed by atoms with Crippen LogP contribution in [0.1, 0.15) is 50.0 Å². The summed E-state index contributed by atoms with van der Waals surface area (Å²) in [5, 5.41) is 15.5. The normalized spacial score (nSPS) is 15.0. The number of carboxylic acid groups (broad SMARTS) is 1. The standard InChI is InChI=1S/C31H32N2O4/c1-20-13-16-22(17-14-20)32-30(36)33-26-19-21(23-9-5-6-10-24(23)29(34)35)15-18-28(26)37-27-12-8-7-11-25(27)31(2,3)4/h5-13,15-20H,14H2,1-4H3,(H,34,35)(H2,32,33,36). The molecule has 1 aliphatic rings. The molecule has 0 radical (unpaired) electrons. The van der Waals surface area contributed by atoms with Gasteiger partial charge in [0.15, 0.2) is 5.75 Å². The van der Waals surface area contributed by atoms with E-state index in [9.17, 15) is 14.7 Å². The van der Waals surface area contributed by atoms with Crippen molar-refractivity contribution in [3.63, 3.8) is 0 Å². The number of benzene rings is 3. The van der Waals surface area contributed by atoms with E-state index in [1.165, 1.54) is 0 Å². The Morgan fingerprint density at radius 2 is 1.68 bits per heavy atom. The van der Waals surface area contributed by atoms with Gasteiger partial charge < -0.3 is 20.5 Å². The van der Waals surface area contributed by atoms with Gasteiger partial charge >= 0.3 is 12.0 Å². The maximum absolute atomic E-state index is 13.0. The molecule has 0 fully saturated rings. The minimum absolute atomic E-state index is 0.154. The first kappa shape index (κ1) is 25.8. The fourth-order valence-corrected chi connectivity index (χ4v) is 4.20. The molecular formula is C31H32N2O4. The van der Waals surface area contributed by atoms with Crippen molar-refractivity contribution in [2.45, 2.75) is 39.5 Å². The summed E-state index contributed by atoms with van der Waals surface area (Å²) in [7, 11) is 0. The number of hydrogen-bond acceptors (Lipinski definition) is 3. The summed E-state index contributed by atoms with van der Waals surface area (Å²) in [5.41, 5.74) is 3.39. The quantitative estimate of drug-likeness (QED) is 0.326. The highest BCUT2D eigenvalue weighted by molar-refractivity contribution is 5.98. The van der Waals surface area contributed by atoms with Crippen molar-refractivity contribution in [2.75, 3.05) is 5.32 Å². The zero-order valence-corrected chi connectivity index (χ0v) is 21.5. The van der Waals surface area contributed by atoms with Gasteiger partial charge in [0.25, 0.3) is 0 Å². The molecule has 1 unspecified atom stereocenters. The first-order chi connectivity index (χ1) is 17.6. The van der Waals surface area contributed by atoms with Crippen LogP contribution in [0.2, 0.25) is 0 Å². The van der Waals surface area contributed by atoms with Crippen molar-refractivity contribution in [3.05, 3.63) is 102 Å². The van der Waals surface area contributed by atoms with Crippen LogP contribution in [0.15, 0.2) is 90.7 Å². The lowest BCUT2D eigenvalue weighted by Gasteiger charge is -2.23. The van der Waals surface area contributed by atoms with Crippen LogP contribution in [0.25, 0.3) is 11.1 Å². The Labute approximate surface area is 217 Å². The van der Waals surface area contributed by atoms with Gasteiger partial charge in [0.2, 0.25) is 0 Å². The molecular weight excluding hydrogens is 464 g/mol. The second kappa shape index (κ2) is 10.7. The molecule has 3 aromatic carbocycles. The van der Waals surface area contributed by atoms with E-state index < -0.39 is 12.0 Å². The number of nitrogens with one attached hydrogen (secondary N) is 2. The number of carboxylic acids is 1. The van der Waals surface area contributed by atoms with Crippen LogP contribution in [-0.4, -0.2) is 17.1 Å². The maximum atomic E-state index is 13.0. The average Bonchev–Trinajstić information content (AvgIpc) is 2.86. The van der Waals surface area contributed by atoms with Crippen LogP contribution in [0.3, 0.4) is 0 Å². The van der Waals surface area contributed by atoms with Crippen LogP contribution in [-0.2, 0) is 5.41 Å². The number of hydrogen-bond donors (Lipinski definition) is 3. The Bertz CT molecular complexity index is 1380. The summed E-state index contributed by atoms with van der Waals surface area (Å²) in [6.45, 7) is 8.45. The van der Waals surface area contributed by atoms with Gasteiger partial charge in [0.05, 0.1) is 11.3 Å². The molecule has 3 N–H and O–H groups in total. The van der Waals surface area contributed by atoms with E-state index in [4.69, 9.17) is 4.74 Å². The molecule has 0 saturated heterocycles. The Balaban J connectivity index is 1.72.